The van der Waals surface area contributed by atoms with Gasteiger partial charge in [0.25, 0.3) is 0 Å². The minimum Gasteiger partial charge on any atom is -0.357 e. The number of aromatic amines is 1. The van der Waals surface area contributed by atoms with E-state index in [1.807, 2.05) is 30.3 Å². The molecule has 0 amide bonds. The van der Waals surface area contributed by atoms with Gasteiger partial charge in [0.1, 0.15) is 5.82 Å². The zero-order chi connectivity index (χ0) is 18.1. The van der Waals surface area contributed by atoms with Crippen molar-refractivity contribution in [1.82, 2.24) is 9.29 Å². The SMILES string of the molecule is O=S(=O)(CCCc1ccccc1)N1CCc2c([nH]c3ccc(F)cc23)C1. The number of nitrogens with one attached hydrogen (secondary N) is 1. The summed E-state index contributed by atoms with van der Waals surface area (Å²) in [5.74, 6) is -0.123. The lowest BCUT2D eigenvalue weighted by Crippen LogP contribution is -2.37. The molecule has 2 aromatic carbocycles. The largest absolute Gasteiger partial charge is 0.357 e. The fourth-order valence-electron chi connectivity index (χ4n) is 3.66. The summed E-state index contributed by atoms with van der Waals surface area (Å²) < 4.78 is 40.5. The Kier molecular flexibility index (Phi) is 4.54. The standard InChI is InChI=1S/C20H21FN2O2S/c21-16-8-9-19-18(13-16)17-10-11-23(14-20(17)22-19)26(24,25)12-4-7-15-5-2-1-3-6-15/h1-3,5-6,8-9,13,22H,4,7,10-12,14H2. The van der Waals surface area contributed by atoms with Crippen LogP contribution in [-0.4, -0.2) is 30.0 Å². The van der Waals surface area contributed by atoms with Gasteiger partial charge in [-0.2, -0.15) is 4.31 Å². The molecule has 0 bridgehead atoms. The van der Waals surface area contributed by atoms with Gasteiger partial charge in [-0.3, -0.25) is 0 Å². The molecule has 0 fully saturated rings. The van der Waals surface area contributed by atoms with Crippen LogP contribution in [0.15, 0.2) is 48.5 Å². The second-order valence-electron chi connectivity index (χ2n) is 6.76. The number of nitrogens with zero attached hydrogens (tertiary/aromatic N) is 1. The van der Waals surface area contributed by atoms with E-state index < -0.39 is 10.0 Å². The summed E-state index contributed by atoms with van der Waals surface area (Å²) in [6.07, 6.45) is 1.97. The highest BCUT2D eigenvalue weighted by atomic mass is 32.2. The molecule has 1 aromatic heterocycles. The smallest absolute Gasteiger partial charge is 0.214 e. The summed E-state index contributed by atoms with van der Waals surface area (Å²) in [5, 5.41) is 0.862. The predicted molar refractivity (Wildman–Crippen MR) is 101 cm³/mol. The minimum atomic E-state index is -3.30. The molecule has 4 nitrogen and oxygen atoms in total. The van der Waals surface area contributed by atoms with Crippen LogP contribution >= 0.6 is 0 Å². The zero-order valence-electron chi connectivity index (χ0n) is 14.4. The van der Waals surface area contributed by atoms with Crippen molar-refractivity contribution in [3.8, 4) is 0 Å². The molecule has 4 rings (SSSR count). The van der Waals surface area contributed by atoms with E-state index in [9.17, 15) is 12.8 Å². The number of hydrogen-bond donors (Lipinski definition) is 1. The Morgan fingerprint density at radius 1 is 1.12 bits per heavy atom. The van der Waals surface area contributed by atoms with E-state index in [1.54, 1.807) is 10.4 Å². The van der Waals surface area contributed by atoms with Crippen LogP contribution in [0.5, 0.6) is 0 Å². The van der Waals surface area contributed by atoms with Gasteiger partial charge in [0.2, 0.25) is 10.0 Å². The average molecular weight is 372 g/mol. The van der Waals surface area contributed by atoms with Gasteiger partial charge in [0, 0.05) is 23.1 Å². The number of aryl methyl sites for hydroxylation is 1. The molecule has 0 radical (unpaired) electrons. The number of sulfonamides is 1. The Morgan fingerprint density at radius 3 is 2.73 bits per heavy atom. The molecule has 1 aliphatic heterocycles. The maximum atomic E-state index is 13.5. The zero-order valence-corrected chi connectivity index (χ0v) is 15.2. The van der Waals surface area contributed by atoms with Gasteiger partial charge < -0.3 is 4.98 Å². The minimum absolute atomic E-state index is 0.145. The average Bonchev–Trinajstić information content (AvgIpc) is 2.99. The molecule has 0 saturated heterocycles. The van der Waals surface area contributed by atoms with E-state index in [0.717, 1.165) is 34.1 Å². The molecule has 2 heterocycles. The highest BCUT2D eigenvalue weighted by Gasteiger charge is 2.28. The number of rotatable bonds is 5. The van der Waals surface area contributed by atoms with Crippen molar-refractivity contribution in [2.75, 3.05) is 12.3 Å². The topological polar surface area (TPSA) is 53.2 Å². The summed E-state index contributed by atoms with van der Waals surface area (Å²) in [5.41, 5.74) is 3.93. The van der Waals surface area contributed by atoms with Crippen LogP contribution in [0.3, 0.4) is 0 Å². The van der Waals surface area contributed by atoms with Crippen molar-refractivity contribution in [1.29, 1.82) is 0 Å². The van der Waals surface area contributed by atoms with Gasteiger partial charge in [-0.25, -0.2) is 12.8 Å². The first-order chi connectivity index (χ1) is 12.5. The third-order valence-corrected chi connectivity index (χ3v) is 6.91. The summed E-state index contributed by atoms with van der Waals surface area (Å²) in [6.45, 7) is 0.781. The number of halogens is 1. The number of aromatic nitrogens is 1. The molecule has 0 saturated carbocycles. The number of fused-ring (bicyclic) bond motifs is 3. The summed E-state index contributed by atoms with van der Waals surface area (Å²) >= 11 is 0. The molecular formula is C20H21FN2O2S. The maximum absolute atomic E-state index is 13.5. The first-order valence-electron chi connectivity index (χ1n) is 8.84. The maximum Gasteiger partial charge on any atom is 0.214 e. The van der Waals surface area contributed by atoms with Crippen LogP contribution in [0.2, 0.25) is 0 Å². The van der Waals surface area contributed by atoms with Gasteiger partial charge in [0.15, 0.2) is 0 Å². The number of hydrogen-bond acceptors (Lipinski definition) is 2. The van der Waals surface area contributed by atoms with E-state index >= 15 is 0 Å². The van der Waals surface area contributed by atoms with Crippen molar-refractivity contribution >= 4 is 20.9 Å². The molecule has 0 spiro atoms. The third kappa shape index (κ3) is 3.39. The second kappa shape index (κ2) is 6.85. The Labute approximate surface area is 152 Å². The molecule has 0 unspecified atom stereocenters. The molecule has 1 N–H and O–H groups in total. The Hall–Kier alpha value is -2.18. The Balaban J connectivity index is 1.46. The summed E-state index contributed by atoms with van der Waals surface area (Å²) in [7, 11) is -3.30. The number of benzene rings is 2. The molecule has 0 aliphatic carbocycles. The highest BCUT2D eigenvalue weighted by Crippen LogP contribution is 2.29. The van der Waals surface area contributed by atoms with Crippen LogP contribution in [-0.2, 0) is 29.4 Å². The van der Waals surface area contributed by atoms with Gasteiger partial charge in [0.05, 0.1) is 12.3 Å². The van der Waals surface area contributed by atoms with E-state index in [-0.39, 0.29) is 11.6 Å². The van der Waals surface area contributed by atoms with E-state index in [4.69, 9.17) is 0 Å². The summed E-state index contributed by atoms with van der Waals surface area (Å²) in [4.78, 5) is 3.25. The van der Waals surface area contributed by atoms with E-state index in [2.05, 4.69) is 4.98 Å². The van der Waals surface area contributed by atoms with Crippen LogP contribution < -0.4 is 0 Å². The van der Waals surface area contributed by atoms with Gasteiger partial charge >= 0.3 is 0 Å². The van der Waals surface area contributed by atoms with Crippen LogP contribution in [0, 0.1) is 5.82 Å². The molecule has 0 atom stereocenters. The van der Waals surface area contributed by atoms with Gasteiger partial charge in [-0.05, 0) is 48.6 Å². The molecule has 26 heavy (non-hydrogen) atoms. The van der Waals surface area contributed by atoms with Gasteiger partial charge in [-0.1, -0.05) is 30.3 Å². The molecule has 6 heteroatoms. The lowest BCUT2D eigenvalue weighted by atomic mass is 10.0. The third-order valence-electron chi connectivity index (χ3n) is 5.01. The van der Waals surface area contributed by atoms with E-state index in [0.29, 0.717) is 25.9 Å². The quantitative estimate of drug-likeness (QED) is 0.744. The second-order valence-corrected chi connectivity index (χ2v) is 8.85. The van der Waals surface area contributed by atoms with Crippen molar-refractivity contribution in [3.05, 3.63) is 71.2 Å². The van der Waals surface area contributed by atoms with Crippen molar-refractivity contribution < 1.29 is 12.8 Å². The monoisotopic (exact) mass is 372 g/mol. The Morgan fingerprint density at radius 2 is 1.92 bits per heavy atom. The van der Waals surface area contributed by atoms with Crippen molar-refractivity contribution in [2.45, 2.75) is 25.8 Å². The Bertz CT molecular complexity index is 1030. The van der Waals surface area contributed by atoms with Crippen molar-refractivity contribution in [2.24, 2.45) is 0 Å². The van der Waals surface area contributed by atoms with Crippen molar-refractivity contribution in [3.63, 3.8) is 0 Å². The lowest BCUT2D eigenvalue weighted by Gasteiger charge is -2.26. The first-order valence-corrected chi connectivity index (χ1v) is 10.4. The lowest BCUT2D eigenvalue weighted by molar-refractivity contribution is 0.388. The normalized spacial score (nSPS) is 15.3. The fraction of sp³-hybridized carbons (Fsp3) is 0.300. The van der Waals surface area contributed by atoms with Crippen LogP contribution in [0.4, 0.5) is 4.39 Å². The molecule has 3 aromatic rings. The van der Waals surface area contributed by atoms with Crippen LogP contribution in [0.25, 0.3) is 10.9 Å². The highest BCUT2D eigenvalue weighted by molar-refractivity contribution is 7.89. The number of H-pyrrole nitrogens is 1. The molecular weight excluding hydrogens is 351 g/mol. The fourth-order valence-corrected chi connectivity index (χ4v) is 5.12. The first kappa shape index (κ1) is 17.2. The predicted octanol–water partition coefficient (Wildman–Crippen LogP) is 3.63. The molecule has 1 aliphatic rings. The van der Waals surface area contributed by atoms with Crippen LogP contribution in [0.1, 0.15) is 23.2 Å². The van der Waals surface area contributed by atoms with E-state index in [1.165, 1.54) is 12.1 Å². The van der Waals surface area contributed by atoms with Gasteiger partial charge in [-0.15, -0.1) is 0 Å². The molecule has 136 valence electrons. The summed E-state index contributed by atoms with van der Waals surface area (Å²) in [6, 6.07) is 14.6.